The van der Waals surface area contributed by atoms with Gasteiger partial charge in [-0.1, -0.05) is 12.7 Å². The molecule has 0 aromatic carbocycles. The van der Waals surface area contributed by atoms with E-state index >= 15 is 0 Å². The first-order valence-corrected chi connectivity index (χ1v) is 5.32. The van der Waals surface area contributed by atoms with Gasteiger partial charge in [0, 0.05) is 6.42 Å². The van der Waals surface area contributed by atoms with Crippen LogP contribution in [0.15, 0.2) is 24.5 Å². The van der Waals surface area contributed by atoms with Gasteiger partial charge in [-0.3, -0.25) is 14.4 Å². The summed E-state index contributed by atoms with van der Waals surface area (Å²) in [6.07, 6.45) is 1.49. The predicted octanol–water partition coefficient (Wildman–Crippen LogP) is 0.0682. The first kappa shape index (κ1) is 14.1. The van der Waals surface area contributed by atoms with Crippen LogP contribution in [0.1, 0.15) is 12.8 Å². The van der Waals surface area contributed by atoms with E-state index in [-0.39, 0.29) is 25.4 Å². The maximum atomic E-state index is 11.9. The quantitative estimate of drug-likeness (QED) is 0.409. The smallest absolute Gasteiger partial charge is 0.324 e. The number of Topliss-reactive ketones (excluding diaryl/α,β-unsaturated/α-hetero) is 1. The molecule has 0 saturated heterocycles. The van der Waals surface area contributed by atoms with Gasteiger partial charge in [0.25, 0.3) is 0 Å². The number of hydrogen-bond donors (Lipinski definition) is 2. The van der Waals surface area contributed by atoms with E-state index in [2.05, 4.69) is 6.58 Å². The maximum Gasteiger partial charge on any atom is 0.324 e. The lowest BCUT2D eigenvalue weighted by Gasteiger charge is -2.28. The Kier molecular flexibility index (Phi) is 4.38. The largest absolute Gasteiger partial charge is 0.513 e. The van der Waals surface area contributed by atoms with Crippen molar-refractivity contribution in [1.82, 2.24) is 0 Å². The Labute approximate surface area is 104 Å². The van der Waals surface area contributed by atoms with E-state index in [1.165, 1.54) is 0 Å². The highest BCUT2D eigenvalue weighted by molar-refractivity contribution is 6.17. The zero-order valence-corrected chi connectivity index (χ0v) is 9.72. The number of aliphatic hydroxyl groups is 2. The first-order valence-electron chi connectivity index (χ1n) is 5.32. The molecule has 0 spiro atoms. The van der Waals surface area contributed by atoms with Gasteiger partial charge in [-0.05, 0) is 6.08 Å². The number of ether oxygens (including phenoxy) is 1. The number of aliphatic hydroxyl groups excluding tert-OH is 2. The standard InChI is InChI=1S/C12H14O6/c1-8(14)7-12(11(17)18-5-4-13)3-2-9(15)6-10(12)16/h2-3,13-14H,1,4-7H2. The second-order valence-electron chi connectivity index (χ2n) is 3.97. The summed E-state index contributed by atoms with van der Waals surface area (Å²) in [6.45, 7) is 2.61. The number of carbonyl (C=O) groups is 3. The third-order valence-electron chi connectivity index (χ3n) is 2.56. The molecule has 0 aliphatic heterocycles. The topological polar surface area (TPSA) is 101 Å². The molecule has 1 atom stereocenters. The van der Waals surface area contributed by atoms with Crippen LogP contribution in [0.3, 0.4) is 0 Å². The number of hydrogen-bond acceptors (Lipinski definition) is 6. The highest BCUT2D eigenvalue weighted by Gasteiger charge is 2.47. The highest BCUT2D eigenvalue weighted by atomic mass is 16.5. The fraction of sp³-hybridized carbons (Fsp3) is 0.417. The van der Waals surface area contributed by atoms with Gasteiger partial charge in [0.05, 0.1) is 18.8 Å². The van der Waals surface area contributed by atoms with Crippen molar-refractivity contribution in [2.45, 2.75) is 12.8 Å². The molecule has 0 heterocycles. The SMILES string of the molecule is C=C(O)CC1(C(=O)OCCO)C=CC(=O)CC1=O. The lowest BCUT2D eigenvalue weighted by Crippen LogP contribution is -2.42. The van der Waals surface area contributed by atoms with Crippen molar-refractivity contribution in [2.75, 3.05) is 13.2 Å². The minimum Gasteiger partial charge on any atom is -0.513 e. The van der Waals surface area contributed by atoms with Crippen LogP contribution in [0, 0.1) is 5.41 Å². The number of ketones is 2. The minimum absolute atomic E-state index is 0.256. The van der Waals surface area contributed by atoms with E-state index in [0.717, 1.165) is 12.2 Å². The van der Waals surface area contributed by atoms with E-state index in [9.17, 15) is 19.5 Å². The Morgan fingerprint density at radius 3 is 2.67 bits per heavy atom. The number of carbonyl (C=O) groups excluding carboxylic acids is 3. The average molecular weight is 254 g/mol. The summed E-state index contributed by atoms with van der Waals surface area (Å²) in [5.74, 6) is -2.31. The molecule has 0 amide bonds. The number of esters is 1. The zero-order valence-electron chi connectivity index (χ0n) is 9.72. The molecule has 1 rings (SSSR count). The number of rotatable bonds is 5. The van der Waals surface area contributed by atoms with Gasteiger partial charge in [-0.25, -0.2) is 0 Å². The van der Waals surface area contributed by atoms with Gasteiger partial charge >= 0.3 is 5.97 Å². The normalized spacial score (nSPS) is 22.9. The monoisotopic (exact) mass is 254 g/mol. The fourth-order valence-electron chi connectivity index (χ4n) is 1.70. The molecule has 6 heteroatoms. The van der Waals surface area contributed by atoms with Crippen LogP contribution in [-0.2, 0) is 19.1 Å². The molecule has 1 aliphatic rings. The molecule has 1 aliphatic carbocycles. The summed E-state index contributed by atoms with van der Waals surface area (Å²) in [5.41, 5.74) is -1.71. The lowest BCUT2D eigenvalue weighted by atomic mass is 9.74. The third kappa shape index (κ3) is 2.84. The Bertz CT molecular complexity index is 422. The molecule has 0 aromatic heterocycles. The van der Waals surface area contributed by atoms with Crippen molar-refractivity contribution in [3.63, 3.8) is 0 Å². The van der Waals surface area contributed by atoms with Crippen LogP contribution in [0.2, 0.25) is 0 Å². The van der Waals surface area contributed by atoms with Gasteiger partial charge in [0.2, 0.25) is 0 Å². The van der Waals surface area contributed by atoms with Crippen LogP contribution in [0.25, 0.3) is 0 Å². The minimum atomic E-state index is -1.71. The van der Waals surface area contributed by atoms with Gasteiger partial charge in [0.15, 0.2) is 17.0 Å². The van der Waals surface area contributed by atoms with Crippen LogP contribution >= 0.6 is 0 Å². The van der Waals surface area contributed by atoms with Crippen molar-refractivity contribution < 1.29 is 29.3 Å². The molecular formula is C12H14O6. The molecule has 18 heavy (non-hydrogen) atoms. The van der Waals surface area contributed by atoms with Gasteiger partial charge in [-0.2, -0.15) is 0 Å². The van der Waals surface area contributed by atoms with Crippen molar-refractivity contribution in [3.05, 3.63) is 24.5 Å². The van der Waals surface area contributed by atoms with Crippen molar-refractivity contribution in [3.8, 4) is 0 Å². The van der Waals surface area contributed by atoms with Gasteiger partial charge in [0.1, 0.15) is 6.61 Å². The molecule has 98 valence electrons. The molecule has 0 fully saturated rings. The van der Waals surface area contributed by atoms with Crippen LogP contribution < -0.4 is 0 Å². The highest BCUT2D eigenvalue weighted by Crippen LogP contribution is 2.34. The molecular weight excluding hydrogens is 240 g/mol. The summed E-state index contributed by atoms with van der Waals surface area (Å²) in [4.78, 5) is 34.8. The van der Waals surface area contributed by atoms with Crippen molar-refractivity contribution in [1.29, 1.82) is 0 Å². The molecule has 0 bridgehead atoms. The maximum absolute atomic E-state index is 11.9. The molecule has 0 radical (unpaired) electrons. The average Bonchev–Trinajstić information content (AvgIpc) is 2.29. The van der Waals surface area contributed by atoms with Gasteiger partial charge < -0.3 is 14.9 Å². The number of allylic oxidation sites excluding steroid dienone is 2. The molecule has 1 unspecified atom stereocenters. The van der Waals surface area contributed by atoms with Crippen molar-refractivity contribution in [2.24, 2.45) is 5.41 Å². The lowest BCUT2D eigenvalue weighted by molar-refractivity contribution is -0.159. The third-order valence-corrected chi connectivity index (χ3v) is 2.56. The van der Waals surface area contributed by atoms with Crippen molar-refractivity contribution >= 4 is 17.5 Å². The Morgan fingerprint density at radius 2 is 2.17 bits per heavy atom. The molecule has 2 N–H and O–H groups in total. The first-order chi connectivity index (χ1) is 8.42. The van der Waals surface area contributed by atoms with Crippen LogP contribution in [0.4, 0.5) is 0 Å². The van der Waals surface area contributed by atoms with E-state index in [1.54, 1.807) is 0 Å². The van der Waals surface area contributed by atoms with E-state index in [4.69, 9.17) is 9.84 Å². The second-order valence-corrected chi connectivity index (χ2v) is 3.97. The predicted molar refractivity (Wildman–Crippen MR) is 60.6 cm³/mol. The van der Waals surface area contributed by atoms with E-state index in [0.29, 0.717) is 0 Å². The summed E-state index contributed by atoms with van der Waals surface area (Å²) in [6, 6.07) is 0. The molecule has 0 aromatic rings. The van der Waals surface area contributed by atoms with Crippen LogP contribution in [0.5, 0.6) is 0 Å². The summed E-state index contributed by atoms with van der Waals surface area (Å²) < 4.78 is 4.72. The Hall–Kier alpha value is -1.95. The van der Waals surface area contributed by atoms with E-state index in [1.807, 2.05) is 0 Å². The van der Waals surface area contributed by atoms with E-state index < -0.39 is 29.4 Å². The zero-order chi connectivity index (χ0) is 13.8. The summed E-state index contributed by atoms with van der Waals surface area (Å²) in [7, 11) is 0. The molecule has 6 nitrogen and oxygen atoms in total. The van der Waals surface area contributed by atoms with Crippen LogP contribution in [-0.4, -0.2) is 41.0 Å². The van der Waals surface area contributed by atoms with Gasteiger partial charge in [-0.15, -0.1) is 0 Å². The second kappa shape index (κ2) is 5.59. The Morgan fingerprint density at radius 1 is 1.50 bits per heavy atom. The Balaban J connectivity index is 3.06. The summed E-state index contributed by atoms with van der Waals surface area (Å²) in [5, 5.41) is 17.8. The fourth-order valence-corrected chi connectivity index (χ4v) is 1.70. The molecule has 0 saturated carbocycles. The summed E-state index contributed by atoms with van der Waals surface area (Å²) >= 11 is 0.